The molecule has 0 unspecified atom stereocenters. The van der Waals surface area contributed by atoms with E-state index in [9.17, 15) is 9.59 Å². The van der Waals surface area contributed by atoms with E-state index in [1.165, 1.54) is 0 Å². The van der Waals surface area contributed by atoms with Crippen LogP contribution in [-0.4, -0.2) is 51.4 Å². The topological polar surface area (TPSA) is 76.5 Å². The number of likely N-dealkylation sites (tertiary alicyclic amines) is 1. The minimum Gasteiger partial charge on any atom is -0.444 e. The van der Waals surface area contributed by atoms with Gasteiger partial charge in [-0.3, -0.25) is 9.48 Å². The summed E-state index contributed by atoms with van der Waals surface area (Å²) >= 11 is 0. The molecule has 1 N–H and O–H groups in total. The zero-order valence-corrected chi connectivity index (χ0v) is 13.1. The Hall–Kier alpha value is -2.05. The number of hydrogen-bond donors (Lipinski definition) is 1. The molecule has 0 aliphatic carbocycles. The van der Waals surface area contributed by atoms with Crippen molar-refractivity contribution in [1.29, 1.82) is 0 Å². The number of nitrogens with one attached hydrogen (secondary N) is 1. The quantitative estimate of drug-likeness (QED) is 0.885. The summed E-state index contributed by atoms with van der Waals surface area (Å²) in [6.45, 7) is 8.26. The molecule has 0 atom stereocenters. The highest BCUT2D eigenvalue weighted by atomic mass is 16.6. The van der Waals surface area contributed by atoms with Crippen LogP contribution in [0.5, 0.6) is 0 Å². The molecule has 0 spiro atoms. The summed E-state index contributed by atoms with van der Waals surface area (Å²) in [5, 5.41) is 7.02. The lowest BCUT2D eigenvalue weighted by molar-refractivity contribution is 0.00528. The summed E-state index contributed by atoms with van der Waals surface area (Å²) in [5.41, 5.74) is 0.812. The minimum atomic E-state index is -0.502. The van der Waals surface area contributed by atoms with Crippen molar-refractivity contribution in [3.05, 3.63) is 17.5 Å². The molecule has 1 aliphatic heterocycles. The molecule has 2 rings (SSSR count). The van der Waals surface area contributed by atoms with E-state index in [1.54, 1.807) is 22.7 Å². The Balaban J connectivity index is 1.82. The molecule has 1 aliphatic rings. The highest BCUT2D eigenvalue weighted by Crippen LogP contribution is 2.15. The Labute approximate surface area is 124 Å². The van der Waals surface area contributed by atoms with Gasteiger partial charge in [0.2, 0.25) is 0 Å². The smallest absolute Gasteiger partial charge is 0.410 e. The highest BCUT2D eigenvalue weighted by molar-refractivity contribution is 5.93. The molecule has 1 saturated heterocycles. The van der Waals surface area contributed by atoms with Crippen molar-refractivity contribution < 1.29 is 14.3 Å². The second kappa shape index (κ2) is 5.38. The molecule has 1 aromatic rings. The molecular weight excluding hydrogens is 272 g/mol. The molecule has 21 heavy (non-hydrogen) atoms. The summed E-state index contributed by atoms with van der Waals surface area (Å²) in [6, 6.07) is 1.69. The predicted octanol–water partition coefficient (Wildman–Crippen LogP) is 1.08. The van der Waals surface area contributed by atoms with E-state index >= 15 is 0 Å². The Morgan fingerprint density at radius 2 is 2.00 bits per heavy atom. The van der Waals surface area contributed by atoms with Crippen molar-refractivity contribution >= 4 is 12.0 Å². The average Bonchev–Trinajstić information content (AvgIpc) is 2.59. The lowest BCUT2D eigenvalue weighted by atomic mass is 10.1. The Bertz CT molecular complexity index is 553. The maximum absolute atomic E-state index is 12.1. The number of carbonyl (C=O) groups excluding carboxylic acids is 2. The molecule has 0 radical (unpaired) electrons. The van der Waals surface area contributed by atoms with Crippen LogP contribution < -0.4 is 5.32 Å². The largest absolute Gasteiger partial charge is 0.444 e. The van der Waals surface area contributed by atoms with Gasteiger partial charge in [-0.15, -0.1) is 0 Å². The number of aromatic nitrogens is 2. The normalized spacial score (nSPS) is 15.6. The van der Waals surface area contributed by atoms with Crippen LogP contribution in [0.15, 0.2) is 6.07 Å². The minimum absolute atomic E-state index is 0.0415. The molecule has 0 aromatic carbocycles. The number of nitrogens with zero attached hydrogens (tertiary/aromatic N) is 3. The van der Waals surface area contributed by atoms with Crippen LogP contribution in [0.2, 0.25) is 0 Å². The summed E-state index contributed by atoms with van der Waals surface area (Å²) in [4.78, 5) is 25.4. The van der Waals surface area contributed by atoms with Crippen LogP contribution in [0.25, 0.3) is 0 Å². The van der Waals surface area contributed by atoms with E-state index in [2.05, 4.69) is 10.4 Å². The maximum Gasteiger partial charge on any atom is 0.410 e. The van der Waals surface area contributed by atoms with Gasteiger partial charge in [0, 0.05) is 20.1 Å². The van der Waals surface area contributed by atoms with Crippen molar-refractivity contribution in [3.8, 4) is 0 Å². The Morgan fingerprint density at radius 3 is 2.48 bits per heavy atom. The average molecular weight is 294 g/mol. The number of amides is 2. The number of aryl methyl sites for hydroxylation is 2. The Morgan fingerprint density at radius 1 is 1.38 bits per heavy atom. The number of ether oxygens (including phenoxy) is 1. The van der Waals surface area contributed by atoms with Crippen LogP contribution in [0.4, 0.5) is 4.79 Å². The zero-order chi connectivity index (χ0) is 15.8. The number of hydrogen-bond acceptors (Lipinski definition) is 4. The first kappa shape index (κ1) is 15.3. The molecule has 7 heteroatoms. The van der Waals surface area contributed by atoms with Crippen molar-refractivity contribution in [2.45, 2.75) is 39.3 Å². The van der Waals surface area contributed by atoms with E-state index < -0.39 is 5.60 Å². The van der Waals surface area contributed by atoms with Crippen molar-refractivity contribution in [3.63, 3.8) is 0 Å². The van der Waals surface area contributed by atoms with Gasteiger partial charge in [0.05, 0.1) is 11.7 Å². The van der Waals surface area contributed by atoms with Crippen LogP contribution in [0.3, 0.4) is 0 Å². The molecular formula is C14H22N4O3. The Kier molecular flexibility index (Phi) is 3.93. The van der Waals surface area contributed by atoms with Gasteiger partial charge in [0.1, 0.15) is 11.3 Å². The fourth-order valence-electron chi connectivity index (χ4n) is 2.13. The second-order valence-electron chi connectivity index (χ2n) is 6.35. The number of carbonyl (C=O) groups is 2. The van der Waals surface area contributed by atoms with Gasteiger partial charge >= 0.3 is 6.09 Å². The van der Waals surface area contributed by atoms with Gasteiger partial charge < -0.3 is 15.0 Å². The summed E-state index contributed by atoms with van der Waals surface area (Å²) in [5.74, 6) is -0.174. The van der Waals surface area contributed by atoms with Crippen LogP contribution in [-0.2, 0) is 11.8 Å². The van der Waals surface area contributed by atoms with Gasteiger partial charge in [0.25, 0.3) is 5.91 Å². The van der Waals surface area contributed by atoms with E-state index in [1.807, 2.05) is 27.7 Å². The van der Waals surface area contributed by atoms with Gasteiger partial charge in [-0.05, 0) is 33.8 Å². The molecule has 2 heterocycles. The van der Waals surface area contributed by atoms with Crippen LogP contribution in [0.1, 0.15) is 37.0 Å². The second-order valence-corrected chi connectivity index (χ2v) is 6.35. The molecule has 1 aromatic heterocycles. The molecule has 0 saturated carbocycles. The standard InChI is InChI=1S/C14H22N4O3/c1-9-6-11(17(5)16-9)12(19)15-10-7-18(8-10)13(20)21-14(2,3)4/h6,10H,7-8H2,1-5H3,(H,15,19). The summed E-state index contributed by atoms with van der Waals surface area (Å²) in [7, 11) is 1.73. The van der Waals surface area contributed by atoms with Crippen LogP contribution >= 0.6 is 0 Å². The molecule has 2 amide bonds. The van der Waals surface area contributed by atoms with E-state index in [4.69, 9.17) is 4.74 Å². The molecule has 7 nitrogen and oxygen atoms in total. The summed E-state index contributed by atoms with van der Waals surface area (Å²) < 4.78 is 6.81. The van der Waals surface area contributed by atoms with E-state index in [0.717, 1.165) is 5.69 Å². The molecule has 116 valence electrons. The monoisotopic (exact) mass is 294 g/mol. The van der Waals surface area contributed by atoms with Gasteiger partial charge in [-0.2, -0.15) is 5.10 Å². The summed E-state index contributed by atoms with van der Waals surface area (Å²) in [6.07, 6.45) is -0.343. The fourth-order valence-corrected chi connectivity index (χ4v) is 2.13. The third kappa shape index (κ3) is 3.74. The van der Waals surface area contributed by atoms with Crippen molar-refractivity contribution in [2.75, 3.05) is 13.1 Å². The van der Waals surface area contributed by atoms with Gasteiger partial charge in [-0.25, -0.2) is 4.79 Å². The van der Waals surface area contributed by atoms with E-state index in [-0.39, 0.29) is 18.0 Å². The fraction of sp³-hybridized carbons (Fsp3) is 0.643. The third-order valence-corrected chi connectivity index (χ3v) is 3.10. The number of rotatable bonds is 2. The first-order valence-corrected chi connectivity index (χ1v) is 6.95. The highest BCUT2D eigenvalue weighted by Gasteiger charge is 2.34. The third-order valence-electron chi connectivity index (χ3n) is 3.10. The lowest BCUT2D eigenvalue weighted by Crippen LogP contribution is -2.61. The SMILES string of the molecule is Cc1cc(C(=O)NC2CN(C(=O)OC(C)(C)C)C2)n(C)n1. The van der Waals surface area contributed by atoms with Gasteiger partial charge in [-0.1, -0.05) is 0 Å². The molecule has 1 fully saturated rings. The maximum atomic E-state index is 12.1. The van der Waals surface area contributed by atoms with Crippen molar-refractivity contribution in [1.82, 2.24) is 20.0 Å². The first-order chi connectivity index (χ1) is 9.65. The van der Waals surface area contributed by atoms with Crippen LogP contribution in [0, 0.1) is 6.92 Å². The first-order valence-electron chi connectivity index (χ1n) is 6.95. The molecule has 0 bridgehead atoms. The zero-order valence-electron chi connectivity index (χ0n) is 13.1. The van der Waals surface area contributed by atoms with Gasteiger partial charge in [0.15, 0.2) is 0 Å². The lowest BCUT2D eigenvalue weighted by Gasteiger charge is -2.39. The predicted molar refractivity (Wildman–Crippen MR) is 77.0 cm³/mol. The van der Waals surface area contributed by atoms with E-state index in [0.29, 0.717) is 18.8 Å². The van der Waals surface area contributed by atoms with Crippen molar-refractivity contribution in [2.24, 2.45) is 7.05 Å².